The summed E-state index contributed by atoms with van der Waals surface area (Å²) in [4.78, 5) is 0. The van der Waals surface area contributed by atoms with Crippen LogP contribution in [-0.2, 0) is 5.41 Å². The third-order valence-corrected chi connectivity index (χ3v) is 10.3. The third kappa shape index (κ3) is 3.23. The molecule has 9 rings (SSSR count). The van der Waals surface area contributed by atoms with Gasteiger partial charge in [-0.1, -0.05) is 140 Å². The van der Waals surface area contributed by atoms with Gasteiger partial charge < -0.3 is 0 Å². The number of hydrogen-bond donors (Lipinski definition) is 0. The Morgan fingerprint density at radius 3 is 1.81 bits per heavy atom. The molecule has 0 atom stereocenters. The normalized spacial score (nSPS) is 13.4. The molecule has 0 radical (unpaired) electrons. The monoisotopic (exact) mass is 550 g/mol. The molecule has 1 heteroatoms. The van der Waals surface area contributed by atoms with Crippen LogP contribution in [0, 0.1) is 0 Å². The molecule has 1 aliphatic rings. The molecule has 1 aromatic heterocycles. The second-order valence-electron chi connectivity index (χ2n) is 11.3. The third-order valence-electron chi connectivity index (χ3n) is 9.14. The fourth-order valence-corrected chi connectivity index (χ4v) is 8.51. The Labute approximate surface area is 249 Å². The van der Waals surface area contributed by atoms with Crippen molar-refractivity contribution in [2.45, 2.75) is 5.41 Å². The quantitative estimate of drug-likeness (QED) is 0.205. The van der Waals surface area contributed by atoms with Crippen LogP contribution >= 0.6 is 11.3 Å². The lowest BCUT2D eigenvalue weighted by atomic mass is 9.66. The summed E-state index contributed by atoms with van der Waals surface area (Å²) in [6, 6.07) is 58.5. The van der Waals surface area contributed by atoms with E-state index in [0.717, 1.165) is 0 Å². The Morgan fingerprint density at radius 2 is 1.02 bits per heavy atom. The van der Waals surface area contributed by atoms with Gasteiger partial charge in [0.05, 0.1) is 5.41 Å². The molecule has 0 nitrogen and oxygen atoms in total. The Balaban J connectivity index is 1.31. The number of hydrogen-bond acceptors (Lipinski definition) is 1. The van der Waals surface area contributed by atoms with Crippen molar-refractivity contribution in [2.75, 3.05) is 0 Å². The van der Waals surface area contributed by atoms with Crippen LogP contribution in [0.25, 0.3) is 53.2 Å². The number of rotatable bonds is 3. The topological polar surface area (TPSA) is 0 Å². The van der Waals surface area contributed by atoms with Gasteiger partial charge in [-0.25, -0.2) is 0 Å². The number of fused-ring (bicyclic) bond motifs is 8. The molecule has 196 valence electrons. The Hall–Kier alpha value is -4.98. The Kier molecular flexibility index (Phi) is 5.08. The van der Waals surface area contributed by atoms with Gasteiger partial charge in [-0.15, -0.1) is 11.3 Å². The number of benzene rings is 7. The first-order valence-electron chi connectivity index (χ1n) is 14.5. The second-order valence-corrected chi connectivity index (χ2v) is 12.3. The van der Waals surface area contributed by atoms with Crippen LogP contribution in [0.5, 0.6) is 0 Å². The van der Waals surface area contributed by atoms with E-state index in [2.05, 4.69) is 158 Å². The van der Waals surface area contributed by atoms with E-state index in [0.29, 0.717) is 0 Å². The molecular weight excluding hydrogens is 525 g/mol. The minimum Gasteiger partial charge on any atom is -0.135 e. The highest BCUT2D eigenvalue weighted by Gasteiger charge is 2.46. The smallest absolute Gasteiger partial charge is 0.0719 e. The summed E-state index contributed by atoms with van der Waals surface area (Å²) < 4.78 is 2.68. The summed E-state index contributed by atoms with van der Waals surface area (Å²) in [5, 5.41) is 5.26. The standard InChI is InChI=1S/C41H26S/c1-3-11-30(12-4-1)41(31-13-5-2-6-14-31)37-17-9-7-15-33(37)36-24-21-29-25-27(19-22-32(29)40(36)41)28-20-23-35-34-16-8-10-18-38(34)42-39(35)26-28/h1-26H. The fraction of sp³-hybridized carbons (Fsp3) is 0.0244. The SMILES string of the molecule is c1ccc(C2(c3ccccc3)c3ccccc3-c3ccc4cc(-c5ccc6c(c5)sc5ccccc56)ccc4c32)cc1. The molecule has 0 aliphatic heterocycles. The van der Waals surface area contributed by atoms with E-state index in [9.17, 15) is 0 Å². The van der Waals surface area contributed by atoms with Gasteiger partial charge in [-0.2, -0.15) is 0 Å². The maximum Gasteiger partial charge on any atom is 0.0719 e. The molecule has 1 heterocycles. The predicted molar refractivity (Wildman–Crippen MR) is 180 cm³/mol. The van der Waals surface area contributed by atoms with Crippen LogP contribution in [0.4, 0.5) is 0 Å². The first-order chi connectivity index (χ1) is 20.8. The minimum atomic E-state index is -0.397. The van der Waals surface area contributed by atoms with Crippen molar-refractivity contribution in [2.24, 2.45) is 0 Å². The summed E-state index contributed by atoms with van der Waals surface area (Å²) >= 11 is 1.88. The van der Waals surface area contributed by atoms with Crippen LogP contribution in [-0.4, -0.2) is 0 Å². The summed E-state index contributed by atoms with van der Waals surface area (Å²) in [6.45, 7) is 0. The van der Waals surface area contributed by atoms with E-state index in [4.69, 9.17) is 0 Å². The summed E-state index contributed by atoms with van der Waals surface area (Å²) in [7, 11) is 0. The number of thiophene rings is 1. The average molecular weight is 551 g/mol. The molecule has 42 heavy (non-hydrogen) atoms. The molecule has 8 aromatic rings. The lowest BCUT2D eigenvalue weighted by molar-refractivity contribution is 0.775. The molecule has 0 spiro atoms. The van der Waals surface area contributed by atoms with Crippen LogP contribution in [0.2, 0.25) is 0 Å². The average Bonchev–Trinajstić information content (AvgIpc) is 3.59. The fourth-order valence-electron chi connectivity index (χ4n) is 7.37. The van der Waals surface area contributed by atoms with E-state index in [1.807, 2.05) is 11.3 Å². The maximum atomic E-state index is 2.38. The van der Waals surface area contributed by atoms with E-state index >= 15 is 0 Å². The van der Waals surface area contributed by atoms with Gasteiger partial charge in [0.2, 0.25) is 0 Å². The van der Waals surface area contributed by atoms with Crippen LogP contribution in [0.15, 0.2) is 158 Å². The zero-order valence-corrected chi connectivity index (χ0v) is 23.7. The highest BCUT2D eigenvalue weighted by atomic mass is 32.1. The van der Waals surface area contributed by atoms with Gasteiger partial charge in [0.25, 0.3) is 0 Å². The van der Waals surface area contributed by atoms with Gasteiger partial charge in [0.1, 0.15) is 0 Å². The lowest BCUT2D eigenvalue weighted by Gasteiger charge is -2.34. The van der Waals surface area contributed by atoms with Gasteiger partial charge in [-0.05, 0) is 73.5 Å². The van der Waals surface area contributed by atoms with Crippen molar-refractivity contribution in [1.82, 2.24) is 0 Å². The maximum absolute atomic E-state index is 2.38. The first kappa shape index (κ1) is 23.7. The van der Waals surface area contributed by atoms with Crippen LogP contribution in [0.3, 0.4) is 0 Å². The van der Waals surface area contributed by atoms with Crippen molar-refractivity contribution in [3.05, 3.63) is 180 Å². The molecule has 0 saturated heterocycles. The lowest BCUT2D eigenvalue weighted by Crippen LogP contribution is -2.28. The van der Waals surface area contributed by atoms with Gasteiger partial charge in [0.15, 0.2) is 0 Å². The molecule has 0 amide bonds. The second kappa shape index (κ2) is 9.01. The van der Waals surface area contributed by atoms with E-state index in [1.165, 1.54) is 75.5 Å². The van der Waals surface area contributed by atoms with E-state index < -0.39 is 5.41 Å². The summed E-state index contributed by atoms with van der Waals surface area (Å²) in [5.41, 5.74) is 10.1. The predicted octanol–water partition coefficient (Wildman–Crippen LogP) is 11.2. The highest BCUT2D eigenvalue weighted by molar-refractivity contribution is 7.25. The van der Waals surface area contributed by atoms with E-state index in [-0.39, 0.29) is 0 Å². The largest absolute Gasteiger partial charge is 0.135 e. The Bertz CT molecular complexity index is 2250. The Morgan fingerprint density at radius 1 is 0.405 bits per heavy atom. The van der Waals surface area contributed by atoms with Gasteiger partial charge in [0, 0.05) is 20.2 Å². The molecule has 1 aliphatic carbocycles. The van der Waals surface area contributed by atoms with Crippen molar-refractivity contribution in [3.8, 4) is 22.3 Å². The van der Waals surface area contributed by atoms with Crippen molar-refractivity contribution in [3.63, 3.8) is 0 Å². The van der Waals surface area contributed by atoms with Gasteiger partial charge >= 0.3 is 0 Å². The molecule has 0 saturated carbocycles. The molecule has 0 fully saturated rings. The molecule has 0 bridgehead atoms. The van der Waals surface area contributed by atoms with Crippen LogP contribution < -0.4 is 0 Å². The molecule has 7 aromatic carbocycles. The van der Waals surface area contributed by atoms with E-state index in [1.54, 1.807) is 0 Å². The minimum absolute atomic E-state index is 0.397. The van der Waals surface area contributed by atoms with Crippen molar-refractivity contribution in [1.29, 1.82) is 0 Å². The summed E-state index contributed by atoms with van der Waals surface area (Å²) in [5.74, 6) is 0. The zero-order chi connectivity index (χ0) is 27.7. The molecule has 0 unspecified atom stereocenters. The molecular formula is C41H26S. The van der Waals surface area contributed by atoms with Crippen molar-refractivity contribution < 1.29 is 0 Å². The van der Waals surface area contributed by atoms with Gasteiger partial charge in [-0.3, -0.25) is 0 Å². The summed E-state index contributed by atoms with van der Waals surface area (Å²) in [6.07, 6.45) is 0. The highest BCUT2D eigenvalue weighted by Crippen LogP contribution is 2.58. The van der Waals surface area contributed by atoms with Crippen LogP contribution in [0.1, 0.15) is 22.3 Å². The first-order valence-corrected chi connectivity index (χ1v) is 15.3. The zero-order valence-electron chi connectivity index (χ0n) is 22.9. The molecule has 0 N–H and O–H groups in total. The van der Waals surface area contributed by atoms with Crippen molar-refractivity contribution >= 4 is 42.3 Å².